The summed E-state index contributed by atoms with van der Waals surface area (Å²) < 4.78 is 7.60. The van der Waals surface area contributed by atoms with E-state index in [1.54, 1.807) is 6.33 Å². The molecular formula is C19H23N5O. The summed E-state index contributed by atoms with van der Waals surface area (Å²) in [4.78, 5) is 13.3. The van der Waals surface area contributed by atoms with E-state index < -0.39 is 0 Å². The second-order valence-corrected chi connectivity index (χ2v) is 6.50. The van der Waals surface area contributed by atoms with Crippen LogP contribution in [0.4, 0.5) is 5.82 Å². The summed E-state index contributed by atoms with van der Waals surface area (Å²) in [7, 11) is 2.07. The zero-order valence-corrected chi connectivity index (χ0v) is 14.7. The quantitative estimate of drug-likeness (QED) is 0.792. The summed E-state index contributed by atoms with van der Waals surface area (Å²) in [5.41, 5.74) is 4.23. The fraction of sp³-hybridized carbons (Fsp3) is 0.421. The Morgan fingerprint density at radius 2 is 2.00 bits per heavy atom. The van der Waals surface area contributed by atoms with Crippen molar-refractivity contribution >= 4 is 16.7 Å². The third-order valence-electron chi connectivity index (χ3n) is 4.85. The Morgan fingerprint density at radius 1 is 1.16 bits per heavy atom. The first-order valence-electron chi connectivity index (χ1n) is 8.85. The van der Waals surface area contributed by atoms with Gasteiger partial charge in [-0.25, -0.2) is 15.0 Å². The Kier molecular flexibility index (Phi) is 4.36. The maximum absolute atomic E-state index is 5.42. The highest BCUT2D eigenvalue weighted by Crippen LogP contribution is 2.27. The van der Waals surface area contributed by atoms with E-state index in [1.165, 1.54) is 0 Å². The minimum atomic E-state index is 0.437. The van der Waals surface area contributed by atoms with Crippen molar-refractivity contribution in [3.8, 4) is 11.4 Å². The number of nitrogens with one attached hydrogen (secondary N) is 1. The van der Waals surface area contributed by atoms with Crippen LogP contribution in [0.3, 0.4) is 0 Å². The lowest BCUT2D eigenvalue weighted by molar-refractivity contribution is 0.0904. The van der Waals surface area contributed by atoms with Crippen LogP contribution in [0.5, 0.6) is 0 Å². The molecule has 1 saturated heterocycles. The molecule has 6 heteroatoms. The lowest BCUT2D eigenvalue weighted by atomic mass is 10.1. The molecule has 0 amide bonds. The second-order valence-electron chi connectivity index (χ2n) is 6.50. The Balaban J connectivity index is 1.67. The van der Waals surface area contributed by atoms with Gasteiger partial charge < -0.3 is 14.6 Å². The molecule has 0 saturated carbocycles. The lowest BCUT2D eigenvalue weighted by Gasteiger charge is -2.23. The number of ether oxygens (including phenoxy) is 1. The third-order valence-corrected chi connectivity index (χ3v) is 4.85. The number of anilines is 1. The number of hydrogen-bond donors (Lipinski definition) is 1. The van der Waals surface area contributed by atoms with Crippen molar-refractivity contribution in [2.75, 3.05) is 18.5 Å². The average molecular weight is 337 g/mol. The van der Waals surface area contributed by atoms with Crippen LogP contribution < -0.4 is 5.32 Å². The number of aromatic nitrogens is 4. The normalized spacial score (nSPS) is 15.6. The van der Waals surface area contributed by atoms with Gasteiger partial charge in [0.05, 0.1) is 16.9 Å². The van der Waals surface area contributed by atoms with Crippen LogP contribution in [0, 0.1) is 0 Å². The molecule has 0 spiro atoms. The van der Waals surface area contributed by atoms with E-state index in [-0.39, 0.29) is 0 Å². The van der Waals surface area contributed by atoms with E-state index in [0.29, 0.717) is 6.04 Å². The Labute approximate surface area is 147 Å². The van der Waals surface area contributed by atoms with E-state index >= 15 is 0 Å². The smallest absolute Gasteiger partial charge is 0.128 e. The number of aryl methyl sites for hydroxylation is 2. The second kappa shape index (κ2) is 6.80. The molecule has 0 aromatic carbocycles. The summed E-state index contributed by atoms with van der Waals surface area (Å²) >= 11 is 0. The third kappa shape index (κ3) is 3.22. The molecule has 130 valence electrons. The fourth-order valence-electron chi connectivity index (χ4n) is 3.34. The highest BCUT2D eigenvalue weighted by atomic mass is 16.5. The minimum absolute atomic E-state index is 0.437. The number of rotatable bonds is 4. The van der Waals surface area contributed by atoms with Crippen molar-refractivity contribution < 1.29 is 4.74 Å². The molecule has 3 aromatic rings. The van der Waals surface area contributed by atoms with Crippen LogP contribution in [-0.2, 0) is 18.2 Å². The van der Waals surface area contributed by atoms with Crippen molar-refractivity contribution in [1.82, 2.24) is 19.5 Å². The van der Waals surface area contributed by atoms with Crippen molar-refractivity contribution in [1.29, 1.82) is 0 Å². The van der Waals surface area contributed by atoms with Crippen LogP contribution in [0.1, 0.15) is 25.5 Å². The molecule has 0 unspecified atom stereocenters. The zero-order valence-electron chi connectivity index (χ0n) is 14.7. The topological polar surface area (TPSA) is 64.9 Å². The molecule has 3 aromatic heterocycles. The summed E-state index contributed by atoms with van der Waals surface area (Å²) in [6, 6.07) is 6.76. The summed E-state index contributed by atoms with van der Waals surface area (Å²) in [6.07, 6.45) is 6.53. The molecule has 0 bridgehead atoms. The maximum Gasteiger partial charge on any atom is 0.128 e. The van der Waals surface area contributed by atoms with Crippen LogP contribution >= 0.6 is 0 Å². The summed E-state index contributed by atoms with van der Waals surface area (Å²) in [6.45, 7) is 3.75. The molecule has 0 aliphatic carbocycles. The molecular weight excluding hydrogens is 314 g/mol. The predicted molar refractivity (Wildman–Crippen MR) is 98.6 cm³/mol. The highest BCUT2D eigenvalue weighted by molar-refractivity contribution is 5.87. The average Bonchev–Trinajstić information content (AvgIpc) is 2.99. The van der Waals surface area contributed by atoms with Crippen molar-refractivity contribution in [2.24, 2.45) is 7.05 Å². The first-order valence-corrected chi connectivity index (χ1v) is 8.85. The van der Waals surface area contributed by atoms with E-state index in [9.17, 15) is 0 Å². The van der Waals surface area contributed by atoms with Gasteiger partial charge in [-0.1, -0.05) is 6.92 Å². The van der Waals surface area contributed by atoms with Gasteiger partial charge in [0, 0.05) is 49.6 Å². The number of fused-ring (bicyclic) bond motifs is 1. The van der Waals surface area contributed by atoms with Gasteiger partial charge in [0.2, 0.25) is 0 Å². The number of hydrogen-bond acceptors (Lipinski definition) is 5. The van der Waals surface area contributed by atoms with Gasteiger partial charge in [-0.2, -0.15) is 0 Å². The SMILES string of the molecule is CCc1cc(-c2cc3cnc(NC4CCOCC4)cc3n2C)ncn1. The van der Waals surface area contributed by atoms with Gasteiger partial charge in [-0.05, 0) is 31.4 Å². The highest BCUT2D eigenvalue weighted by Gasteiger charge is 2.15. The number of nitrogens with zero attached hydrogens (tertiary/aromatic N) is 4. The first-order chi connectivity index (χ1) is 12.2. The van der Waals surface area contributed by atoms with Gasteiger partial charge in [0.1, 0.15) is 12.1 Å². The van der Waals surface area contributed by atoms with Gasteiger partial charge in [-0.15, -0.1) is 0 Å². The fourth-order valence-corrected chi connectivity index (χ4v) is 3.34. The lowest BCUT2D eigenvalue weighted by Crippen LogP contribution is -2.28. The number of pyridine rings is 1. The molecule has 0 atom stereocenters. The molecule has 1 fully saturated rings. The largest absolute Gasteiger partial charge is 0.381 e. The van der Waals surface area contributed by atoms with Gasteiger partial charge in [0.25, 0.3) is 0 Å². The molecule has 4 heterocycles. The van der Waals surface area contributed by atoms with E-state index in [2.05, 4.69) is 57.0 Å². The Bertz CT molecular complexity index is 883. The van der Waals surface area contributed by atoms with E-state index in [1.807, 2.05) is 6.20 Å². The Hall–Kier alpha value is -2.47. The molecule has 1 aliphatic heterocycles. The molecule has 4 rings (SSSR count). The summed E-state index contributed by atoms with van der Waals surface area (Å²) in [5.74, 6) is 0.920. The van der Waals surface area contributed by atoms with E-state index in [0.717, 1.165) is 66.3 Å². The Morgan fingerprint density at radius 3 is 2.80 bits per heavy atom. The predicted octanol–water partition coefficient (Wildman–Crippen LogP) is 3.18. The first kappa shape index (κ1) is 16.0. The van der Waals surface area contributed by atoms with Crippen LogP contribution in [0.2, 0.25) is 0 Å². The standard InChI is InChI=1S/C19H23N5O/c1-3-14-9-16(22-12-21-14)18-8-13-11-20-19(10-17(13)24(18)2)23-15-4-6-25-7-5-15/h8-12,15H,3-7H2,1-2H3,(H,20,23). The zero-order chi connectivity index (χ0) is 17.2. The van der Waals surface area contributed by atoms with Gasteiger partial charge in [-0.3, -0.25) is 0 Å². The van der Waals surface area contributed by atoms with Crippen molar-refractivity contribution in [2.45, 2.75) is 32.2 Å². The van der Waals surface area contributed by atoms with Crippen LogP contribution in [0.25, 0.3) is 22.3 Å². The van der Waals surface area contributed by atoms with Crippen molar-refractivity contribution in [3.05, 3.63) is 36.4 Å². The molecule has 1 N–H and O–H groups in total. The van der Waals surface area contributed by atoms with Gasteiger partial charge in [0.15, 0.2) is 0 Å². The molecule has 25 heavy (non-hydrogen) atoms. The van der Waals surface area contributed by atoms with Crippen LogP contribution in [0.15, 0.2) is 30.7 Å². The monoisotopic (exact) mass is 337 g/mol. The van der Waals surface area contributed by atoms with Crippen molar-refractivity contribution in [3.63, 3.8) is 0 Å². The van der Waals surface area contributed by atoms with E-state index in [4.69, 9.17) is 4.74 Å². The summed E-state index contributed by atoms with van der Waals surface area (Å²) in [5, 5.41) is 4.65. The molecule has 0 radical (unpaired) electrons. The maximum atomic E-state index is 5.42. The molecule has 6 nitrogen and oxygen atoms in total. The molecule has 1 aliphatic rings. The minimum Gasteiger partial charge on any atom is -0.381 e. The van der Waals surface area contributed by atoms with Crippen LogP contribution in [-0.4, -0.2) is 38.8 Å². The van der Waals surface area contributed by atoms with Gasteiger partial charge >= 0.3 is 0 Å².